The molecule has 0 saturated carbocycles. The second-order valence-electron chi connectivity index (χ2n) is 4.65. The summed E-state index contributed by atoms with van der Waals surface area (Å²) < 4.78 is 0. The van der Waals surface area contributed by atoms with Gasteiger partial charge in [0, 0.05) is 0 Å². The number of hydrogen-bond donors (Lipinski definition) is 1. The lowest BCUT2D eigenvalue weighted by Gasteiger charge is -2.35. The third-order valence-electron chi connectivity index (χ3n) is 3.15. The van der Waals surface area contributed by atoms with Gasteiger partial charge in [0.25, 0.3) is 0 Å². The van der Waals surface area contributed by atoms with E-state index in [1.54, 1.807) is 7.05 Å². The van der Waals surface area contributed by atoms with Gasteiger partial charge in [0.2, 0.25) is 0 Å². The van der Waals surface area contributed by atoms with Crippen molar-refractivity contribution in [3.05, 3.63) is 5.82 Å². The van der Waals surface area contributed by atoms with Crippen LogP contribution in [0.25, 0.3) is 0 Å². The highest BCUT2D eigenvalue weighted by molar-refractivity contribution is 5.73. The summed E-state index contributed by atoms with van der Waals surface area (Å²) in [6.07, 6.45) is 1.71. The van der Waals surface area contributed by atoms with Crippen molar-refractivity contribution in [2.45, 2.75) is 32.4 Å². The molecule has 1 aromatic heterocycles. The van der Waals surface area contributed by atoms with Crippen molar-refractivity contribution >= 4 is 5.97 Å². The maximum atomic E-state index is 11.2. The number of carbonyl (C=O) groups is 1. The van der Waals surface area contributed by atoms with Gasteiger partial charge < -0.3 is 5.11 Å². The molecular weight excluding hydrogens is 222 g/mol. The molecule has 7 heteroatoms. The lowest BCUT2D eigenvalue weighted by Crippen LogP contribution is -2.46. The van der Waals surface area contributed by atoms with Gasteiger partial charge in [-0.05, 0) is 30.5 Å². The van der Waals surface area contributed by atoms with Gasteiger partial charge in [0.05, 0.1) is 13.6 Å². The van der Waals surface area contributed by atoms with Gasteiger partial charge in [-0.25, -0.2) is 0 Å². The van der Waals surface area contributed by atoms with Gasteiger partial charge >= 0.3 is 5.97 Å². The van der Waals surface area contributed by atoms with Gasteiger partial charge in [-0.15, -0.1) is 10.2 Å². The first-order valence-corrected chi connectivity index (χ1v) is 5.76. The van der Waals surface area contributed by atoms with Gasteiger partial charge in [-0.3, -0.25) is 9.69 Å². The Balaban J connectivity index is 2.05. The molecule has 1 fully saturated rings. The zero-order valence-corrected chi connectivity index (χ0v) is 10.1. The molecule has 2 heterocycles. The molecule has 0 amide bonds. The van der Waals surface area contributed by atoms with E-state index >= 15 is 0 Å². The number of piperidine rings is 1. The smallest absolute Gasteiger partial charge is 0.320 e. The summed E-state index contributed by atoms with van der Waals surface area (Å²) in [7, 11) is 1.70. The number of aryl methyl sites for hydroxylation is 1. The minimum Gasteiger partial charge on any atom is -0.480 e. The number of nitrogens with zero attached hydrogens (tertiary/aromatic N) is 5. The Kier molecular flexibility index (Phi) is 3.37. The number of carboxylic acids is 1. The van der Waals surface area contributed by atoms with Gasteiger partial charge in [-0.2, -0.15) is 4.80 Å². The highest BCUT2D eigenvalue weighted by Crippen LogP contribution is 2.23. The van der Waals surface area contributed by atoms with Crippen LogP contribution in [0.1, 0.15) is 25.6 Å². The van der Waals surface area contributed by atoms with Crippen LogP contribution >= 0.6 is 0 Å². The lowest BCUT2D eigenvalue weighted by atomic mass is 9.92. The van der Waals surface area contributed by atoms with Crippen LogP contribution < -0.4 is 0 Å². The molecule has 1 aliphatic rings. The topological polar surface area (TPSA) is 84.1 Å². The monoisotopic (exact) mass is 239 g/mol. The molecule has 1 aromatic rings. The molecule has 7 nitrogen and oxygen atoms in total. The van der Waals surface area contributed by atoms with Crippen LogP contribution in [0.5, 0.6) is 0 Å². The fourth-order valence-corrected chi connectivity index (χ4v) is 2.20. The Labute approximate surface area is 99.4 Å². The first-order valence-electron chi connectivity index (χ1n) is 5.76. The average Bonchev–Trinajstić information content (AvgIpc) is 2.66. The molecule has 0 aromatic carbocycles. The van der Waals surface area contributed by atoms with E-state index in [1.807, 2.05) is 4.90 Å². The fourth-order valence-electron chi connectivity index (χ4n) is 2.20. The molecule has 0 aliphatic carbocycles. The Hall–Kier alpha value is -1.50. The second kappa shape index (κ2) is 4.79. The molecule has 2 unspecified atom stereocenters. The van der Waals surface area contributed by atoms with Crippen molar-refractivity contribution in [2.75, 3.05) is 6.54 Å². The maximum Gasteiger partial charge on any atom is 0.320 e. The number of tetrazole rings is 1. The molecule has 2 rings (SSSR count). The summed E-state index contributed by atoms with van der Waals surface area (Å²) in [4.78, 5) is 14.5. The zero-order chi connectivity index (χ0) is 12.4. The molecule has 0 spiro atoms. The van der Waals surface area contributed by atoms with E-state index in [1.165, 1.54) is 4.80 Å². The molecule has 0 radical (unpaired) electrons. The van der Waals surface area contributed by atoms with Crippen molar-refractivity contribution < 1.29 is 9.90 Å². The number of likely N-dealkylation sites (tertiary alicyclic amines) is 1. The standard InChI is InChI=1S/C10H17N5O2/c1-7-3-4-15(8(5-7)10(16)17)6-9-11-13-14(2)12-9/h7-8H,3-6H2,1-2H3,(H,16,17). The van der Waals surface area contributed by atoms with Crippen LogP contribution in [-0.4, -0.2) is 48.8 Å². The molecule has 1 saturated heterocycles. The van der Waals surface area contributed by atoms with Crippen molar-refractivity contribution in [1.82, 2.24) is 25.1 Å². The van der Waals surface area contributed by atoms with Gasteiger partial charge in [0.15, 0.2) is 5.82 Å². The van der Waals surface area contributed by atoms with Crippen LogP contribution in [0, 0.1) is 5.92 Å². The first-order chi connectivity index (χ1) is 8.06. The minimum absolute atomic E-state index is 0.428. The van der Waals surface area contributed by atoms with E-state index in [-0.39, 0.29) is 0 Å². The largest absolute Gasteiger partial charge is 0.480 e. The fraction of sp³-hybridized carbons (Fsp3) is 0.800. The van der Waals surface area contributed by atoms with Gasteiger partial charge in [-0.1, -0.05) is 6.92 Å². The third-order valence-corrected chi connectivity index (χ3v) is 3.15. The zero-order valence-electron chi connectivity index (χ0n) is 10.1. The van der Waals surface area contributed by atoms with Crippen LogP contribution in [0.3, 0.4) is 0 Å². The minimum atomic E-state index is -0.763. The second-order valence-corrected chi connectivity index (χ2v) is 4.65. The summed E-state index contributed by atoms with van der Waals surface area (Å²) >= 11 is 0. The highest BCUT2D eigenvalue weighted by atomic mass is 16.4. The van der Waals surface area contributed by atoms with Crippen molar-refractivity contribution in [3.8, 4) is 0 Å². The quantitative estimate of drug-likeness (QED) is 0.792. The molecular formula is C10H17N5O2. The van der Waals surface area contributed by atoms with Crippen molar-refractivity contribution in [3.63, 3.8) is 0 Å². The molecule has 1 N–H and O–H groups in total. The van der Waals surface area contributed by atoms with E-state index < -0.39 is 12.0 Å². The van der Waals surface area contributed by atoms with Crippen molar-refractivity contribution in [2.24, 2.45) is 13.0 Å². The first kappa shape index (κ1) is 12.0. The van der Waals surface area contributed by atoms with Crippen molar-refractivity contribution in [1.29, 1.82) is 0 Å². The van der Waals surface area contributed by atoms with Crippen LogP contribution in [-0.2, 0) is 18.4 Å². The van der Waals surface area contributed by atoms with E-state index in [4.69, 9.17) is 0 Å². The normalized spacial score (nSPS) is 26.0. The Morgan fingerprint density at radius 2 is 2.35 bits per heavy atom. The number of aromatic nitrogens is 4. The van der Waals surface area contributed by atoms with Crippen LogP contribution in [0.4, 0.5) is 0 Å². The summed E-state index contributed by atoms with van der Waals surface area (Å²) in [5.41, 5.74) is 0. The van der Waals surface area contributed by atoms with E-state index in [0.717, 1.165) is 13.0 Å². The van der Waals surface area contributed by atoms with E-state index in [9.17, 15) is 9.90 Å². The third kappa shape index (κ3) is 2.79. The predicted molar refractivity (Wildman–Crippen MR) is 59.0 cm³/mol. The summed E-state index contributed by atoms with van der Waals surface area (Å²) in [6, 6.07) is -0.428. The van der Waals surface area contributed by atoms with Crippen LogP contribution in [0.2, 0.25) is 0 Å². The number of aliphatic carboxylic acids is 1. The average molecular weight is 239 g/mol. The molecule has 1 aliphatic heterocycles. The molecule has 2 atom stereocenters. The van der Waals surface area contributed by atoms with E-state index in [0.29, 0.717) is 24.7 Å². The number of rotatable bonds is 3. The Morgan fingerprint density at radius 1 is 1.59 bits per heavy atom. The number of carboxylic acid groups (broad SMARTS) is 1. The van der Waals surface area contributed by atoms with Gasteiger partial charge in [0.1, 0.15) is 6.04 Å². The highest BCUT2D eigenvalue weighted by Gasteiger charge is 2.32. The summed E-state index contributed by atoms with van der Waals surface area (Å²) in [6.45, 7) is 3.32. The van der Waals surface area contributed by atoms with Crippen LogP contribution in [0.15, 0.2) is 0 Å². The Morgan fingerprint density at radius 3 is 2.94 bits per heavy atom. The molecule has 17 heavy (non-hydrogen) atoms. The SMILES string of the molecule is CC1CCN(Cc2nnn(C)n2)C(C(=O)O)C1. The Bertz CT molecular complexity index is 405. The summed E-state index contributed by atoms with van der Waals surface area (Å²) in [5, 5.41) is 20.9. The predicted octanol–water partition coefficient (Wildman–Crippen LogP) is -0.105. The summed E-state index contributed by atoms with van der Waals surface area (Å²) in [5.74, 6) is 0.274. The number of hydrogen-bond acceptors (Lipinski definition) is 5. The molecule has 0 bridgehead atoms. The lowest BCUT2D eigenvalue weighted by molar-refractivity contribution is -0.145. The maximum absolute atomic E-state index is 11.2. The van der Waals surface area contributed by atoms with E-state index in [2.05, 4.69) is 22.3 Å². The molecule has 94 valence electrons.